The molecule has 0 heterocycles. The van der Waals surface area contributed by atoms with E-state index in [0.29, 0.717) is 12.5 Å². The molecule has 0 radical (unpaired) electrons. The molecule has 1 aromatic carbocycles. The van der Waals surface area contributed by atoms with Crippen LogP contribution in [-0.2, 0) is 25.5 Å². The summed E-state index contributed by atoms with van der Waals surface area (Å²) in [6.45, 7) is 1.96. The van der Waals surface area contributed by atoms with Crippen molar-refractivity contribution in [1.29, 1.82) is 0 Å². The van der Waals surface area contributed by atoms with Crippen LogP contribution in [0.3, 0.4) is 0 Å². The second kappa shape index (κ2) is 6.93. The summed E-state index contributed by atoms with van der Waals surface area (Å²) in [6.07, 6.45) is -3.28. The molecular weight excluding hydrogens is 309 g/mol. The maximum Gasteiger partial charge on any atom is 0.416 e. The molecule has 0 unspecified atom stereocenters. The van der Waals surface area contributed by atoms with E-state index in [-0.39, 0.29) is 6.61 Å². The van der Waals surface area contributed by atoms with E-state index in [1.54, 1.807) is 0 Å². The van der Waals surface area contributed by atoms with Crippen LogP contribution in [0.5, 0.6) is 0 Å². The Kier molecular flexibility index (Phi) is 5.77. The average Bonchev–Trinajstić information content (AvgIpc) is 2.37. The zero-order valence-corrected chi connectivity index (χ0v) is 12.1. The van der Waals surface area contributed by atoms with E-state index in [1.807, 2.05) is 6.92 Å². The second-order valence-corrected chi connectivity index (χ2v) is 6.35. The van der Waals surface area contributed by atoms with Gasteiger partial charge in [0.15, 0.2) is 15.6 Å². The van der Waals surface area contributed by atoms with Gasteiger partial charge < -0.3 is 4.74 Å². The highest BCUT2D eigenvalue weighted by molar-refractivity contribution is 7.92. The maximum absolute atomic E-state index is 12.5. The molecule has 0 bridgehead atoms. The zero-order valence-electron chi connectivity index (χ0n) is 11.3. The van der Waals surface area contributed by atoms with Crippen LogP contribution in [0.4, 0.5) is 13.2 Å². The van der Waals surface area contributed by atoms with Gasteiger partial charge in [0.25, 0.3) is 0 Å². The van der Waals surface area contributed by atoms with Crippen molar-refractivity contribution in [3.63, 3.8) is 0 Å². The summed E-state index contributed by atoms with van der Waals surface area (Å²) in [6, 6.07) is 3.27. The first-order valence-electron chi connectivity index (χ1n) is 6.22. The standard InChI is InChI=1S/C13H15F3O4S/c1-2-3-7-20-12(17)9-21(18,19)11-6-4-5-10(8-11)13(14,15)16/h4-6,8H,2-3,7,9H2,1H3. The number of rotatable bonds is 6. The van der Waals surface area contributed by atoms with Crippen molar-refractivity contribution < 1.29 is 31.1 Å². The Morgan fingerprint density at radius 3 is 2.52 bits per heavy atom. The van der Waals surface area contributed by atoms with Gasteiger partial charge in [-0.1, -0.05) is 19.4 Å². The molecule has 0 atom stereocenters. The largest absolute Gasteiger partial charge is 0.465 e. The molecule has 0 aromatic heterocycles. The Morgan fingerprint density at radius 2 is 1.95 bits per heavy atom. The molecule has 0 saturated carbocycles. The van der Waals surface area contributed by atoms with Crippen LogP contribution in [0.15, 0.2) is 29.2 Å². The normalized spacial score (nSPS) is 12.2. The summed E-state index contributed by atoms with van der Waals surface area (Å²) in [5.41, 5.74) is -1.08. The average molecular weight is 324 g/mol. The predicted octanol–water partition coefficient (Wildman–Crippen LogP) is 2.82. The van der Waals surface area contributed by atoms with Crippen molar-refractivity contribution in [2.24, 2.45) is 0 Å². The lowest BCUT2D eigenvalue weighted by Gasteiger charge is -2.09. The molecule has 4 nitrogen and oxygen atoms in total. The quantitative estimate of drug-likeness (QED) is 0.596. The number of sulfone groups is 1. The van der Waals surface area contributed by atoms with Gasteiger partial charge >= 0.3 is 12.1 Å². The van der Waals surface area contributed by atoms with Crippen molar-refractivity contribution in [3.05, 3.63) is 29.8 Å². The molecule has 0 fully saturated rings. The van der Waals surface area contributed by atoms with Crippen LogP contribution in [0, 0.1) is 0 Å². The van der Waals surface area contributed by atoms with Crippen LogP contribution in [0.2, 0.25) is 0 Å². The molecule has 0 spiro atoms. The fraction of sp³-hybridized carbons (Fsp3) is 0.462. The topological polar surface area (TPSA) is 60.4 Å². The minimum Gasteiger partial charge on any atom is -0.465 e. The highest BCUT2D eigenvalue weighted by Crippen LogP contribution is 2.30. The van der Waals surface area contributed by atoms with Crippen LogP contribution in [0.25, 0.3) is 0 Å². The first-order chi connectivity index (χ1) is 9.66. The summed E-state index contributed by atoms with van der Waals surface area (Å²) in [7, 11) is -4.15. The van der Waals surface area contributed by atoms with Gasteiger partial charge in [0.05, 0.1) is 17.1 Å². The van der Waals surface area contributed by atoms with Gasteiger partial charge in [0.2, 0.25) is 0 Å². The first kappa shape index (κ1) is 17.5. The maximum atomic E-state index is 12.5. The number of esters is 1. The zero-order chi connectivity index (χ0) is 16.1. The van der Waals surface area contributed by atoms with Crippen molar-refractivity contribution in [3.8, 4) is 0 Å². The highest BCUT2D eigenvalue weighted by atomic mass is 32.2. The number of carbonyl (C=O) groups is 1. The Labute approximate surface area is 120 Å². The van der Waals surface area contributed by atoms with E-state index in [2.05, 4.69) is 0 Å². The van der Waals surface area contributed by atoms with Crippen molar-refractivity contribution in [1.82, 2.24) is 0 Å². The number of carbonyl (C=O) groups excluding carboxylic acids is 1. The number of benzene rings is 1. The molecular formula is C13H15F3O4S. The number of hydrogen-bond acceptors (Lipinski definition) is 4. The molecule has 0 aliphatic heterocycles. The van der Waals surface area contributed by atoms with E-state index in [1.165, 1.54) is 0 Å². The van der Waals surface area contributed by atoms with E-state index >= 15 is 0 Å². The number of halogens is 3. The summed E-state index contributed by atoms with van der Waals surface area (Å²) in [4.78, 5) is 10.8. The molecule has 0 aliphatic rings. The van der Waals surface area contributed by atoms with E-state index in [4.69, 9.17) is 4.74 Å². The van der Waals surface area contributed by atoms with Crippen LogP contribution < -0.4 is 0 Å². The van der Waals surface area contributed by atoms with Crippen molar-refractivity contribution in [2.45, 2.75) is 30.8 Å². The lowest BCUT2D eigenvalue weighted by Crippen LogP contribution is -2.19. The summed E-state index contributed by atoms with van der Waals surface area (Å²) in [5.74, 6) is -1.95. The summed E-state index contributed by atoms with van der Waals surface area (Å²) >= 11 is 0. The SMILES string of the molecule is CCCCOC(=O)CS(=O)(=O)c1cccc(C(F)(F)F)c1. The molecule has 0 amide bonds. The Bertz CT molecular complexity index is 594. The molecule has 21 heavy (non-hydrogen) atoms. The Morgan fingerprint density at radius 1 is 1.29 bits per heavy atom. The van der Waals surface area contributed by atoms with Crippen LogP contribution in [-0.4, -0.2) is 26.7 Å². The highest BCUT2D eigenvalue weighted by Gasteiger charge is 2.32. The van der Waals surface area contributed by atoms with Gasteiger partial charge in [-0.2, -0.15) is 13.2 Å². The van der Waals surface area contributed by atoms with Gasteiger partial charge in [0, 0.05) is 0 Å². The van der Waals surface area contributed by atoms with E-state index in [0.717, 1.165) is 24.6 Å². The molecule has 1 rings (SSSR count). The van der Waals surface area contributed by atoms with Gasteiger partial charge in [-0.15, -0.1) is 0 Å². The monoisotopic (exact) mass is 324 g/mol. The third-order valence-corrected chi connectivity index (χ3v) is 4.18. The minimum absolute atomic E-state index is 0.0907. The fourth-order valence-electron chi connectivity index (χ4n) is 1.48. The van der Waals surface area contributed by atoms with Crippen LogP contribution >= 0.6 is 0 Å². The van der Waals surface area contributed by atoms with Crippen molar-refractivity contribution in [2.75, 3.05) is 12.4 Å². The predicted molar refractivity (Wildman–Crippen MR) is 69.4 cm³/mol. The van der Waals surface area contributed by atoms with E-state index < -0.39 is 38.2 Å². The smallest absolute Gasteiger partial charge is 0.416 e. The Hall–Kier alpha value is -1.57. The molecule has 1 aromatic rings. The van der Waals surface area contributed by atoms with Crippen molar-refractivity contribution >= 4 is 15.8 Å². The van der Waals surface area contributed by atoms with Crippen LogP contribution in [0.1, 0.15) is 25.3 Å². The number of alkyl halides is 3. The van der Waals surface area contributed by atoms with Gasteiger partial charge in [-0.25, -0.2) is 8.42 Å². The third kappa shape index (κ3) is 5.37. The van der Waals surface area contributed by atoms with E-state index in [9.17, 15) is 26.4 Å². The number of unbranched alkanes of at least 4 members (excludes halogenated alkanes) is 1. The fourth-order valence-corrected chi connectivity index (χ4v) is 2.63. The minimum atomic E-state index is -4.65. The molecule has 8 heteroatoms. The second-order valence-electron chi connectivity index (χ2n) is 4.36. The molecule has 0 N–H and O–H groups in total. The summed E-state index contributed by atoms with van der Waals surface area (Å²) < 4.78 is 66.1. The third-order valence-electron chi connectivity index (χ3n) is 2.59. The number of hydrogen-bond donors (Lipinski definition) is 0. The first-order valence-corrected chi connectivity index (χ1v) is 7.87. The molecule has 0 saturated heterocycles. The lowest BCUT2D eigenvalue weighted by atomic mass is 10.2. The molecule has 118 valence electrons. The lowest BCUT2D eigenvalue weighted by molar-refractivity contribution is -0.140. The number of ether oxygens (including phenoxy) is 1. The Balaban J connectivity index is 2.86. The summed E-state index contributed by atoms with van der Waals surface area (Å²) in [5, 5.41) is 0. The molecule has 0 aliphatic carbocycles. The van der Waals surface area contributed by atoms with Gasteiger partial charge in [-0.3, -0.25) is 4.79 Å². The van der Waals surface area contributed by atoms with Gasteiger partial charge in [0.1, 0.15) is 0 Å². The van der Waals surface area contributed by atoms with Gasteiger partial charge in [-0.05, 0) is 24.6 Å².